The predicted molar refractivity (Wildman–Crippen MR) is 106 cm³/mol. The summed E-state index contributed by atoms with van der Waals surface area (Å²) >= 11 is -0.193. The number of likely N-dealkylation sites (tertiary alicyclic amines) is 1. The van der Waals surface area contributed by atoms with Crippen LogP contribution in [0.4, 0.5) is 13.2 Å². The van der Waals surface area contributed by atoms with Crippen molar-refractivity contribution in [2.45, 2.75) is 42.6 Å². The van der Waals surface area contributed by atoms with Crippen LogP contribution in [0.1, 0.15) is 36.5 Å². The number of piperidine rings is 1. The van der Waals surface area contributed by atoms with Crippen molar-refractivity contribution in [2.24, 2.45) is 0 Å². The molecule has 160 valence electrons. The fraction of sp³-hybridized carbons (Fsp3) is 0.600. The number of thioether (sulfide) groups is 1. The molecule has 1 atom stereocenters. The van der Waals surface area contributed by atoms with E-state index in [0.717, 1.165) is 25.9 Å². The highest BCUT2D eigenvalue weighted by atomic mass is 32.2. The first-order chi connectivity index (χ1) is 13.7. The van der Waals surface area contributed by atoms with Gasteiger partial charge in [0.2, 0.25) is 5.91 Å². The minimum Gasteiger partial charge on any atom is -0.341 e. The monoisotopic (exact) mass is 429 g/mol. The molecule has 0 bridgehead atoms. The standard InChI is InChI=1S/C20H26F3N3O2S/c1-15(18(27)25-9-3-2-4-10-25)24-11-13-26(14-12-24)19(28)16-5-7-17(8-6-16)29-20(21,22)23/h5-8,15H,2-4,9-14H2,1H3. The molecule has 0 saturated carbocycles. The minimum atomic E-state index is -4.34. The van der Waals surface area contributed by atoms with E-state index >= 15 is 0 Å². The van der Waals surface area contributed by atoms with Crippen molar-refractivity contribution in [3.05, 3.63) is 29.8 Å². The van der Waals surface area contributed by atoms with Crippen LogP contribution in [0.25, 0.3) is 0 Å². The lowest BCUT2D eigenvalue weighted by molar-refractivity contribution is -0.137. The number of carbonyl (C=O) groups is 2. The van der Waals surface area contributed by atoms with Gasteiger partial charge in [-0.2, -0.15) is 13.2 Å². The predicted octanol–water partition coefficient (Wildman–Crippen LogP) is 3.46. The first-order valence-electron chi connectivity index (χ1n) is 9.92. The molecule has 9 heteroatoms. The molecule has 1 aromatic rings. The highest BCUT2D eigenvalue weighted by Gasteiger charge is 2.31. The van der Waals surface area contributed by atoms with Crippen LogP contribution < -0.4 is 0 Å². The zero-order valence-corrected chi connectivity index (χ0v) is 17.3. The van der Waals surface area contributed by atoms with Crippen molar-refractivity contribution in [2.75, 3.05) is 39.3 Å². The van der Waals surface area contributed by atoms with E-state index in [1.165, 1.54) is 30.7 Å². The van der Waals surface area contributed by atoms with E-state index in [2.05, 4.69) is 4.90 Å². The van der Waals surface area contributed by atoms with Crippen LogP contribution in [0, 0.1) is 0 Å². The first kappa shape index (κ1) is 22.0. The third kappa shape index (κ3) is 5.88. The summed E-state index contributed by atoms with van der Waals surface area (Å²) in [4.78, 5) is 31.1. The highest BCUT2D eigenvalue weighted by molar-refractivity contribution is 8.00. The van der Waals surface area contributed by atoms with Crippen LogP contribution in [-0.4, -0.2) is 77.3 Å². The van der Waals surface area contributed by atoms with E-state index in [-0.39, 0.29) is 34.5 Å². The van der Waals surface area contributed by atoms with Gasteiger partial charge in [-0.25, -0.2) is 0 Å². The molecule has 2 heterocycles. The summed E-state index contributed by atoms with van der Waals surface area (Å²) in [5.74, 6) is -0.0366. The maximum absolute atomic E-state index is 12.7. The van der Waals surface area contributed by atoms with Crippen molar-refractivity contribution in [3.8, 4) is 0 Å². The molecule has 2 amide bonds. The van der Waals surface area contributed by atoms with Crippen LogP contribution in [0.5, 0.6) is 0 Å². The van der Waals surface area contributed by atoms with Crippen LogP contribution in [0.3, 0.4) is 0 Å². The molecule has 0 aliphatic carbocycles. The van der Waals surface area contributed by atoms with E-state index in [1.54, 1.807) is 4.90 Å². The molecule has 1 aromatic carbocycles. The molecule has 3 rings (SSSR count). The van der Waals surface area contributed by atoms with E-state index in [4.69, 9.17) is 0 Å². The SMILES string of the molecule is CC(C(=O)N1CCCCC1)N1CCN(C(=O)c2ccc(SC(F)(F)F)cc2)CC1. The maximum atomic E-state index is 12.7. The van der Waals surface area contributed by atoms with Gasteiger partial charge < -0.3 is 9.80 Å². The van der Waals surface area contributed by atoms with Crippen molar-refractivity contribution >= 4 is 23.6 Å². The quantitative estimate of drug-likeness (QED) is 0.688. The largest absolute Gasteiger partial charge is 0.446 e. The van der Waals surface area contributed by atoms with E-state index in [0.29, 0.717) is 31.7 Å². The number of carbonyl (C=O) groups excluding carboxylic acids is 2. The molecular weight excluding hydrogens is 403 g/mol. The second kappa shape index (κ2) is 9.38. The van der Waals surface area contributed by atoms with Gasteiger partial charge in [0.15, 0.2) is 0 Å². The summed E-state index contributed by atoms with van der Waals surface area (Å²) in [5.41, 5.74) is -3.97. The molecule has 5 nitrogen and oxygen atoms in total. The number of piperazine rings is 1. The fourth-order valence-electron chi connectivity index (χ4n) is 3.83. The van der Waals surface area contributed by atoms with Crippen LogP contribution in [-0.2, 0) is 4.79 Å². The Hall–Kier alpha value is -1.74. The molecule has 0 radical (unpaired) electrons. The van der Waals surface area contributed by atoms with Crippen LogP contribution in [0.15, 0.2) is 29.2 Å². The average Bonchev–Trinajstić information content (AvgIpc) is 2.72. The van der Waals surface area contributed by atoms with Gasteiger partial charge in [-0.15, -0.1) is 0 Å². The Morgan fingerprint density at radius 3 is 2.03 bits per heavy atom. The molecule has 0 N–H and O–H groups in total. The lowest BCUT2D eigenvalue weighted by Gasteiger charge is -2.39. The molecule has 0 aromatic heterocycles. The van der Waals surface area contributed by atoms with Gasteiger partial charge in [0, 0.05) is 49.7 Å². The average molecular weight is 430 g/mol. The Bertz CT molecular complexity index is 713. The number of amides is 2. The number of halogens is 3. The molecule has 1 unspecified atom stereocenters. The van der Waals surface area contributed by atoms with Gasteiger partial charge in [-0.1, -0.05) is 0 Å². The summed E-state index contributed by atoms with van der Waals surface area (Å²) in [6, 6.07) is 5.31. The van der Waals surface area contributed by atoms with E-state index in [1.807, 2.05) is 11.8 Å². The summed E-state index contributed by atoms with van der Waals surface area (Å²) in [6.45, 7) is 5.77. The van der Waals surface area contributed by atoms with Gasteiger partial charge in [0.1, 0.15) is 0 Å². The van der Waals surface area contributed by atoms with Gasteiger partial charge in [0.25, 0.3) is 5.91 Å². The van der Waals surface area contributed by atoms with E-state index < -0.39 is 5.51 Å². The van der Waals surface area contributed by atoms with Crippen LogP contribution in [0.2, 0.25) is 0 Å². The first-order valence-corrected chi connectivity index (χ1v) is 10.7. The van der Waals surface area contributed by atoms with E-state index in [9.17, 15) is 22.8 Å². The third-order valence-corrected chi connectivity index (χ3v) is 6.25. The lowest BCUT2D eigenvalue weighted by atomic mass is 10.1. The van der Waals surface area contributed by atoms with Crippen LogP contribution >= 0.6 is 11.8 Å². The van der Waals surface area contributed by atoms with Crippen molar-refractivity contribution < 1.29 is 22.8 Å². The minimum absolute atomic E-state index is 0.0592. The third-order valence-electron chi connectivity index (χ3n) is 5.51. The summed E-state index contributed by atoms with van der Waals surface area (Å²) in [5, 5.41) is 0. The number of hydrogen-bond acceptors (Lipinski definition) is 4. The Labute approximate surface area is 173 Å². The lowest BCUT2D eigenvalue weighted by Crippen LogP contribution is -2.56. The summed E-state index contributed by atoms with van der Waals surface area (Å²) < 4.78 is 37.3. The normalized spacial score (nSPS) is 19.9. The van der Waals surface area contributed by atoms with Crippen molar-refractivity contribution in [3.63, 3.8) is 0 Å². The molecular formula is C20H26F3N3O2S. The Morgan fingerprint density at radius 2 is 1.48 bits per heavy atom. The smallest absolute Gasteiger partial charge is 0.341 e. The molecule has 2 aliphatic rings. The maximum Gasteiger partial charge on any atom is 0.446 e. The zero-order valence-electron chi connectivity index (χ0n) is 16.5. The summed E-state index contributed by atoms with van der Waals surface area (Å²) in [6.07, 6.45) is 3.29. The summed E-state index contributed by atoms with van der Waals surface area (Å²) in [7, 11) is 0. The van der Waals surface area contributed by atoms with Gasteiger partial charge >= 0.3 is 5.51 Å². The fourth-order valence-corrected chi connectivity index (χ4v) is 4.37. The van der Waals surface area contributed by atoms with Crippen molar-refractivity contribution in [1.82, 2.24) is 14.7 Å². The highest BCUT2D eigenvalue weighted by Crippen LogP contribution is 2.36. The topological polar surface area (TPSA) is 43.9 Å². The second-order valence-electron chi connectivity index (χ2n) is 7.46. The zero-order chi connectivity index (χ0) is 21.0. The number of benzene rings is 1. The Balaban J connectivity index is 1.52. The number of nitrogens with zero attached hydrogens (tertiary/aromatic N) is 3. The molecule has 2 saturated heterocycles. The molecule has 0 spiro atoms. The van der Waals surface area contributed by atoms with Gasteiger partial charge in [-0.3, -0.25) is 14.5 Å². The molecule has 29 heavy (non-hydrogen) atoms. The number of rotatable bonds is 4. The number of alkyl halides is 3. The number of hydrogen-bond donors (Lipinski definition) is 0. The Morgan fingerprint density at radius 1 is 0.897 bits per heavy atom. The molecule has 2 aliphatic heterocycles. The Kier molecular flexibility index (Phi) is 7.10. The molecule has 2 fully saturated rings. The van der Waals surface area contributed by atoms with Crippen molar-refractivity contribution in [1.29, 1.82) is 0 Å². The van der Waals surface area contributed by atoms with Gasteiger partial charge in [-0.05, 0) is 62.2 Å². The van der Waals surface area contributed by atoms with Gasteiger partial charge in [0.05, 0.1) is 6.04 Å². The second-order valence-corrected chi connectivity index (χ2v) is 8.60.